The number of hydrogen-bond acceptors (Lipinski definition) is 7. The van der Waals surface area contributed by atoms with Crippen LogP contribution in [-0.4, -0.2) is 50.5 Å². The Labute approximate surface area is 214 Å². The van der Waals surface area contributed by atoms with Crippen molar-refractivity contribution < 1.29 is 14.6 Å². The minimum absolute atomic E-state index is 0.108. The summed E-state index contributed by atoms with van der Waals surface area (Å²) in [6.07, 6.45) is 6.63. The van der Waals surface area contributed by atoms with E-state index in [2.05, 4.69) is 27.9 Å². The van der Waals surface area contributed by atoms with Crippen LogP contribution in [0.25, 0.3) is 10.9 Å². The number of nitrogens with zero attached hydrogens (tertiary/aromatic N) is 4. The summed E-state index contributed by atoms with van der Waals surface area (Å²) in [6, 6.07) is 13.5. The molecular formula is C28H30N6O3. The number of aliphatic carboxylic acids is 1. The number of pyridine rings is 2. The first-order valence-electron chi connectivity index (χ1n) is 12.9. The van der Waals surface area contributed by atoms with E-state index in [0.717, 1.165) is 78.3 Å². The molecule has 1 atom stereocenters. The summed E-state index contributed by atoms with van der Waals surface area (Å²) < 4.78 is 7.79. The number of carboxylic acids is 1. The van der Waals surface area contributed by atoms with Crippen LogP contribution in [0.2, 0.25) is 0 Å². The van der Waals surface area contributed by atoms with E-state index in [1.807, 2.05) is 30.3 Å². The summed E-state index contributed by atoms with van der Waals surface area (Å²) in [6.45, 7) is 2.36. The van der Waals surface area contributed by atoms with Crippen molar-refractivity contribution in [3.8, 4) is 5.75 Å². The van der Waals surface area contributed by atoms with E-state index in [-0.39, 0.29) is 6.42 Å². The number of aromatic nitrogens is 4. The molecule has 1 aromatic carbocycles. The lowest BCUT2D eigenvalue weighted by atomic mass is 10.0. The number of hydrogen-bond donors (Lipinski definition) is 3. The molecule has 1 unspecified atom stereocenters. The fourth-order valence-electron chi connectivity index (χ4n) is 5.16. The van der Waals surface area contributed by atoms with Crippen LogP contribution in [0.4, 0.5) is 11.6 Å². The van der Waals surface area contributed by atoms with Crippen LogP contribution in [0, 0.1) is 0 Å². The highest BCUT2D eigenvalue weighted by atomic mass is 16.5. The van der Waals surface area contributed by atoms with Crippen molar-refractivity contribution in [2.45, 2.75) is 44.6 Å². The second-order valence-corrected chi connectivity index (χ2v) is 9.64. The van der Waals surface area contributed by atoms with Crippen molar-refractivity contribution in [3.63, 3.8) is 0 Å². The van der Waals surface area contributed by atoms with Gasteiger partial charge in [-0.3, -0.25) is 9.48 Å². The Morgan fingerprint density at radius 3 is 2.54 bits per heavy atom. The van der Waals surface area contributed by atoms with Crippen molar-refractivity contribution >= 4 is 28.5 Å². The Morgan fingerprint density at radius 2 is 1.76 bits per heavy atom. The first-order chi connectivity index (χ1) is 18.1. The van der Waals surface area contributed by atoms with Crippen LogP contribution in [0.1, 0.15) is 47.8 Å². The third-order valence-corrected chi connectivity index (χ3v) is 7.07. The van der Waals surface area contributed by atoms with E-state index < -0.39 is 12.0 Å². The van der Waals surface area contributed by atoms with E-state index in [4.69, 9.17) is 14.7 Å². The van der Waals surface area contributed by atoms with Crippen LogP contribution < -0.4 is 15.4 Å². The molecule has 9 heteroatoms. The van der Waals surface area contributed by atoms with Crippen molar-refractivity contribution in [1.29, 1.82) is 0 Å². The van der Waals surface area contributed by atoms with Crippen molar-refractivity contribution in [2.75, 3.05) is 30.3 Å². The molecule has 0 amide bonds. The summed E-state index contributed by atoms with van der Waals surface area (Å²) in [5, 5.41) is 21.8. The van der Waals surface area contributed by atoms with E-state index in [0.29, 0.717) is 18.7 Å². The molecule has 0 fully saturated rings. The third-order valence-electron chi connectivity index (χ3n) is 7.07. The lowest BCUT2D eigenvalue weighted by Crippen LogP contribution is -2.20. The third kappa shape index (κ3) is 4.94. The van der Waals surface area contributed by atoms with E-state index in [1.54, 1.807) is 10.9 Å². The lowest BCUT2D eigenvalue weighted by Gasteiger charge is -2.21. The van der Waals surface area contributed by atoms with Gasteiger partial charge in [-0.25, -0.2) is 9.97 Å². The highest BCUT2D eigenvalue weighted by Crippen LogP contribution is 2.30. The number of ether oxygens (including phenoxy) is 1. The van der Waals surface area contributed by atoms with Gasteiger partial charge in [-0.15, -0.1) is 0 Å². The molecule has 0 aliphatic carbocycles. The van der Waals surface area contributed by atoms with Crippen LogP contribution in [0.3, 0.4) is 0 Å². The maximum absolute atomic E-state index is 11.8. The second kappa shape index (κ2) is 10.1. The highest BCUT2D eigenvalue weighted by molar-refractivity contribution is 5.81. The number of carboxylic acid groups (broad SMARTS) is 1. The molecule has 0 spiro atoms. The predicted molar refractivity (Wildman–Crippen MR) is 141 cm³/mol. The summed E-state index contributed by atoms with van der Waals surface area (Å²) in [5.41, 5.74) is 4.98. The van der Waals surface area contributed by atoms with Crippen molar-refractivity contribution in [2.24, 2.45) is 0 Å². The molecule has 4 aromatic rings. The van der Waals surface area contributed by atoms with Crippen LogP contribution in [0.15, 0.2) is 48.7 Å². The topological polar surface area (TPSA) is 114 Å². The van der Waals surface area contributed by atoms with Gasteiger partial charge in [-0.2, -0.15) is 5.10 Å². The Kier molecular flexibility index (Phi) is 6.34. The standard InChI is InChI=1S/C28H30N6O3/c35-26(36)16-25(23-9-6-19-4-2-13-30-28(19)33-23)34-24-10-8-22(15-20(24)17-31-34)37-14-11-21-7-5-18-3-1-12-29-27(18)32-21/h5-10,15,17,25H,1-4,11-14,16H2,(H,29,32)(H,30,33)(H,35,36). The van der Waals surface area contributed by atoms with Gasteiger partial charge >= 0.3 is 5.97 Å². The molecule has 6 rings (SSSR count). The number of rotatable bonds is 8. The average Bonchev–Trinajstić information content (AvgIpc) is 3.34. The van der Waals surface area contributed by atoms with Gasteiger partial charge in [-0.05, 0) is 67.1 Å². The average molecular weight is 499 g/mol. The number of nitrogens with one attached hydrogen (secondary N) is 2. The number of benzene rings is 1. The first-order valence-corrected chi connectivity index (χ1v) is 12.9. The van der Waals surface area contributed by atoms with Gasteiger partial charge in [-0.1, -0.05) is 12.1 Å². The summed E-state index contributed by atoms with van der Waals surface area (Å²) >= 11 is 0. The quantitative estimate of drug-likeness (QED) is 0.331. The van der Waals surface area contributed by atoms with Gasteiger partial charge in [0, 0.05) is 30.6 Å². The van der Waals surface area contributed by atoms with Crippen molar-refractivity contribution in [3.05, 3.63) is 71.2 Å². The molecule has 9 nitrogen and oxygen atoms in total. The maximum atomic E-state index is 11.8. The van der Waals surface area contributed by atoms with Gasteiger partial charge in [0.05, 0.1) is 30.4 Å². The molecule has 3 aromatic heterocycles. The zero-order chi connectivity index (χ0) is 25.2. The van der Waals surface area contributed by atoms with Crippen LogP contribution >= 0.6 is 0 Å². The second-order valence-electron chi connectivity index (χ2n) is 9.64. The Balaban J connectivity index is 1.19. The number of fused-ring (bicyclic) bond motifs is 3. The first kappa shape index (κ1) is 23.3. The molecule has 0 saturated heterocycles. The van der Waals surface area contributed by atoms with E-state index >= 15 is 0 Å². The summed E-state index contributed by atoms with van der Waals surface area (Å²) in [5.74, 6) is 1.69. The fourth-order valence-corrected chi connectivity index (χ4v) is 5.16. The summed E-state index contributed by atoms with van der Waals surface area (Å²) in [7, 11) is 0. The van der Waals surface area contributed by atoms with Gasteiger partial charge in [0.2, 0.25) is 0 Å². The Bertz CT molecular complexity index is 1450. The molecule has 3 N–H and O–H groups in total. The normalized spacial score (nSPS) is 15.2. The maximum Gasteiger partial charge on any atom is 0.305 e. The van der Waals surface area contributed by atoms with E-state index in [1.165, 1.54) is 5.56 Å². The molecule has 37 heavy (non-hydrogen) atoms. The summed E-state index contributed by atoms with van der Waals surface area (Å²) in [4.78, 5) is 21.3. The molecule has 5 heterocycles. The monoisotopic (exact) mass is 498 g/mol. The molecule has 0 radical (unpaired) electrons. The molecule has 2 aliphatic rings. The minimum atomic E-state index is -0.896. The van der Waals surface area contributed by atoms with Gasteiger partial charge < -0.3 is 20.5 Å². The zero-order valence-electron chi connectivity index (χ0n) is 20.6. The molecule has 2 aliphatic heterocycles. The van der Waals surface area contributed by atoms with Gasteiger partial charge in [0.15, 0.2) is 0 Å². The SMILES string of the molecule is O=C(O)CC(c1ccc2c(n1)NCCC2)n1ncc2cc(OCCc3ccc4c(n3)NCCC4)ccc21. The number of aryl methyl sites for hydroxylation is 2. The largest absolute Gasteiger partial charge is 0.493 e. The van der Waals surface area contributed by atoms with Gasteiger partial charge in [0.25, 0.3) is 0 Å². The Morgan fingerprint density at radius 1 is 1.00 bits per heavy atom. The zero-order valence-corrected chi connectivity index (χ0v) is 20.6. The molecular weight excluding hydrogens is 468 g/mol. The molecule has 0 saturated carbocycles. The number of carbonyl (C=O) groups is 1. The lowest BCUT2D eigenvalue weighted by molar-refractivity contribution is -0.137. The van der Waals surface area contributed by atoms with Crippen LogP contribution in [-0.2, 0) is 24.1 Å². The van der Waals surface area contributed by atoms with Gasteiger partial charge in [0.1, 0.15) is 23.4 Å². The Hall–Kier alpha value is -4.14. The molecule has 0 bridgehead atoms. The predicted octanol–water partition coefficient (Wildman–Crippen LogP) is 4.23. The van der Waals surface area contributed by atoms with E-state index in [9.17, 15) is 9.90 Å². The van der Waals surface area contributed by atoms with Crippen LogP contribution in [0.5, 0.6) is 5.75 Å². The minimum Gasteiger partial charge on any atom is -0.493 e. The van der Waals surface area contributed by atoms with Crippen molar-refractivity contribution in [1.82, 2.24) is 19.7 Å². The highest BCUT2D eigenvalue weighted by Gasteiger charge is 2.24. The smallest absolute Gasteiger partial charge is 0.305 e. The molecule has 190 valence electrons. The fraction of sp³-hybridized carbons (Fsp3) is 0.357. The number of anilines is 2.